The molecule has 3 rings (SSSR count). The summed E-state index contributed by atoms with van der Waals surface area (Å²) >= 11 is 1.57. The first-order chi connectivity index (χ1) is 10.6. The Labute approximate surface area is 136 Å². The molecule has 1 N–H and O–H groups in total. The molecule has 1 amide bonds. The van der Waals surface area contributed by atoms with Crippen molar-refractivity contribution >= 4 is 27.9 Å². The fraction of sp³-hybridized carbons (Fsp3) is 0.389. The Morgan fingerprint density at radius 1 is 1.27 bits per heavy atom. The second-order valence-electron chi connectivity index (χ2n) is 6.11. The maximum absolute atomic E-state index is 12.2. The van der Waals surface area contributed by atoms with Crippen LogP contribution in [0.5, 0.6) is 0 Å². The minimum absolute atomic E-state index is 0.0457. The molecule has 1 aliphatic heterocycles. The van der Waals surface area contributed by atoms with E-state index < -0.39 is 0 Å². The van der Waals surface area contributed by atoms with Crippen molar-refractivity contribution in [3.63, 3.8) is 0 Å². The summed E-state index contributed by atoms with van der Waals surface area (Å²) in [5, 5.41) is 4.16. The first-order valence-electron chi connectivity index (χ1n) is 7.88. The zero-order valence-electron chi connectivity index (χ0n) is 13.1. The molecule has 4 heteroatoms. The lowest BCUT2D eigenvalue weighted by molar-refractivity contribution is 0.0956. The third kappa shape index (κ3) is 3.17. The Bertz CT molecular complexity index is 663. The molecular formula is C18H22N2OS. The van der Waals surface area contributed by atoms with Crippen molar-refractivity contribution in [1.82, 2.24) is 5.32 Å². The van der Waals surface area contributed by atoms with Gasteiger partial charge in [0, 0.05) is 18.8 Å². The lowest BCUT2D eigenvalue weighted by Gasteiger charge is -2.16. The van der Waals surface area contributed by atoms with Gasteiger partial charge in [0.2, 0.25) is 0 Å². The largest absolute Gasteiger partial charge is 0.351 e. The van der Waals surface area contributed by atoms with Crippen LogP contribution in [0.25, 0.3) is 0 Å². The zero-order chi connectivity index (χ0) is 15.5. The van der Waals surface area contributed by atoms with E-state index >= 15 is 0 Å². The predicted octanol–water partition coefficient (Wildman–Crippen LogP) is 4.22. The van der Waals surface area contributed by atoms with Gasteiger partial charge >= 0.3 is 0 Å². The van der Waals surface area contributed by atoms with Gasteiger partial charge in [-0.05, 0) is 42.5 Å². The predicted molar refractivity (Wildman–Crippen MR) is 93.3 cm³/mol. The quantitative estimate of drug-likeness (QED) is 0.896. The lowest BCUT2D eigenvalue weighted by atomic mass is 10.1. The van der Waals surface area contributed by atoms with Gasteiger partial charge in [-0.25, -0.2) is 0 Å². The molecule has 2 aromatic rings. The van der Waals surface area contributed by atoms with E-state index in [-0.39, 0.29) is 5.91 Å². The molecule has 0 unspecified atom stereocenters. The third-order valence-electron chi connectivity index (χ3n) is 3.98. The number of hydrogen-bond acceptors (Lipinski definition) is 3. The molecule has 0 fully saturated rings. The lowest BCUT2D eigenvalue weighted by Crippen LogP contribution is -2.24. The highest BCUT2D eigenvalue weighted by atomic mass is 32.1. The number of anilines is 2. The van der Waals surface area contributed by atoms with Crippen LogP contribution in [0, 0.1) is 5.92 Å². The second-order valence-corrected chi connectivity index (χ2v) is 7.17. The third-order valence-corrected chi connectivity index (χ3v) is 5.08. The SMILES string of the molecule is CC(C)CCNC(=O)c1ccc(N2CCc3ccccc32)s1. The molecule has 0 saturated carbocycles. The minimum atomic E-state index is 0.0457. The van der Waals surface area contributed by atoms with Crippen molar-refractivity contribution in [2.24, 2.45) is 5.92 Å². The summed E-state index contributed by atoms with van der Waals surface area (Å²) in [6.45, 7) is 6.07. The molecular weight excluding hydrogens is 292 g/mol. The van der Waals surface area contributed by atoms with Crippen LogP contribution in [0.4, 0.5) is 10.7 Å². The van der Waals surface area contributed by atoms with Crippen LogP contribution < -0.4 is 10.2 Å². The molecule has 2 heterocycles. The molecule has 116 valence electrons. The Morgan fingerprint density at radius 2 is 2.09 bits per heavy atom. The molecule has 0 bridgehead atoms. The number of carbonyl (C=O) groups is 1. The monoisotopic (exact) mass is 314 g/mol. The van der Waals surface area contributed by atoms with E-state index in [1.54, 1.807) is 11.3 Å². The van der Waals surface area contributed by atoms with Crippen molar-refractivity contribution in [2.75, 3.05) is 18.0 Å². The smallest absolute Gasteiger partial charge is 0.261 e. The second kappa shape index (κ2) is 6.53. The van der Waals surface area contributed by atoms with Gasteiger partial charge in [-0.2, -0.15) is 0 Å². The first-order valence-corrected chi connectivity index (χ1v) is 8.70. The summed E-state index contributed by atoms with van der Waals surface area (Å²) < 4.78 is 0. The molecule has 0 aliphatic carbocycles. The molecule has 22 heavy (non-hydrogen) atoms. The molecule has 0 spiro atoms. The van der Waals surface area contributed by atoms with Gasteiger partial charge in [-0.15, -0.1) is 11.3 Å². The zero-order valence-corrected chi connectivity index (χ0v) is 14.0. The van der Waals surface area contributed by atoms with E-state index in [1.165, 1.54) is 11.3 Å². The summed E-state index contributed by atoms with van der Waals surface area (Å²) in [5.74, 6) is 0.657. The molecule has 1 aromatic carbocycles. The molecule has 3 nitrogen and oxygen atoms in total. The van der Waals surface area contributed by atoms with Crippen LogP contribution in [0.2, 0.25) is 0 Å². The highest BCUT2D eigenvalue weighted by Gasteiger charge is 2.21. The van der Waals surface area contributed by atoms with Crippen LogP contribution in [-0.2, 0) is 6.42 Å². The number of para-hydroxylation sites is 1. The van der Waals surface area contributed by atoms with Gasteiger partial charge in [-0.3, -0.25) is 4.79 Å². The molecule has 0 radical (unpaired) electrons. The van der Waals surface area contributed by atoms with Gasteiger partial charge in [0.05, 0.1) is 9.88 Å². The van der Waals surface area contributed by atoms with E-state index in [9.17, 15) is 4.79 Å². The van der Waals surface area contributed by atoms with Crippen LogP contribution in [0.1, 0.15) is 35.5 Å². The normalized spacial score (nSPS) is 13.5. The maximum atomic E-state index is 12.2. The van der Waals surface area contributed by atoms with Crippen molar-refractivity contribution in [2.45, 2.75) is 26.7 Å². The van der Waals surface area contributed by atoms with Crippen LogP contribution in [0.3, 0.4) is 0 Å². The van der Waals surface area contributed by atoms with Crippen molar-refractivity contribution in [3.05, 3.63) is 46.8 Å². The van der Waals surface area contributed by atoms with Crippen molar-refractivity contribution < 1.29 is 4.79 Å². The first kappa shape index (κ1) is 15.1. The molecule has 1 aliphatic rings. The van der Waals surface area contributed by atoms with Gasteiger partial charge < -0.3 is 10.2 Å². The minimum Gasteiger partial charge on any atom is -0.351 e. The number of fused-ring (bicyclic) bond motifs is 1. The number of nitrogens with one attached hydrogen (secondary N) is 1. The number of amides is 1. The van der Waals surface area contributed by atoms with E-state index in [4.69, 9.17) is 0 Å². The highest BCUT2D eigenvalue weighted by Crippen LogP contribution is 2.37. The Hall–Kier alpha value is -1.81. The summed E-state index contributed by atoms with van der Waals surface area (Å²) in [5.41, 5.74) is 2.66. The standard InChI is InChI=1S/C18H22N2OS/c1-13(2)9-11-19-18(21)16-7-8-17(22-16)20-12-10-14-5-3-4-6-15(14)20/h3-8,13H,9-12H2,1-2H3,(H,19,21). The topological polar surface area (TPSA) is 32.3 Å². The van der Waals surface area contributed by atoms with Crippen molar-refractivity contribution in [1.29, 1.82) is 0 Å². The summed E-state index contributed by atoms with van der Waals surface area (Å²) in [7, 11) is 0. The van der Waals surface area contributed by atoms with E-state index in [2.05, 4.69) is 54.4 Å². The van der Waals surface area contributed by atoms with Crippen LogP contribution in [-0.4, -0.2) is 19.0 Å². The van der Waals surface area contributed by atoms with Crippen LogP contribution in [0.15, 0.2) is 36.4 Å². The van der Waals surface area contributed by atoms with Crippen molar-refractivity contribution in [3.8, 4) is 0 Å². The number of thiophene rings is 1. The summed E-state index contributed by atoms with van der Waals surface area (Å²) in [6.07, 6.45) is 2.09. The average Bonchev–Trinajstić information content (AvgIpc) is 3.13. The fourth-order valence-electron chi connectivity index (χ4n) is 2.72. The van der Waals surface area contributed by atoms with Crippen LogP contribution >= 0.6 is 11.3 Å². The number of benzene rings is 1. The number of nitrogens with zero attached hydrogens (tertiary/aromatic N) is 1. The van der Waals surface area contributed by atoms with E-state index in [1.807, 2.05) is 6.07 Å². The summed E-state index contributed by atoms with van der Waals surface area (Å²) in [6, 6.07) is 12.5. The van der Waals surface area contributed by atoms with Gasteiger partial charge in [0.15, 0.2) is 0 Å². The Kier molecular flexibility index (Phi) is 4.48. The Morgan fingerprint density at radius 3 is 2.91 bits per heavy atom. The molecule has 0 atom stereocenters. The highest BCUT2D eigenvalue weighted by molar-refractivity contribution is 7.18. The Balaban J connectivity index is 1.68. The molecule has 1 aromatic heterocycles. The van der Waals surface area contributed by atoms with E-state index in [0.29, 0.717) is 5.92 Å². The maximum Gasteiger partial charge on any atom is 0.261 e. The fourth-order valence-corrected chi connectivity index (χ4v) is 3.69. The number of hydrogen-bond donors (Lipinski definition) is 1. The van der Waals surface area contributed by atoms with Gasteiger partial charge in [-0.1, -0.05) is 32.0 Å². The average molecular weight is 314 g/mol. The molecule has 0 saturated heterocycles. The van der Waals surface area contributed by atoms with E-state index in [0.717, 1.165) is 35.8 Å². The number of rotatable bonds is 5. The van der Waals surface area contributed by atoms with Gasteiger partial charge in [0.25, 0.3) is 5.91 Å². The van der Waals surface area contributed by atoms with Gasteiger partial charge in [0.1, 0.15) is 0 Å². The number of carbonyl (C=O) groups excluding carboxylic acids is 1. The summed E-state index contributed by atoms with van der Waals surface area (Å²) in [4.78, 5) is 15.3.